The second kappa shape index (κ2) is 10.5. The van der Waals surface area contributed by atoms with E-state index in [2.05, 4.69) is 10.6 Å². The molecule has 2 N–H and O–H groups in total. The van der Waals surface area contributed by atoms with Crippen molar-refractivity contribution < 1.29 is 27.6 Å². The molecule has 6 nitrogen and oxygen atoms in total. The van der Waals surface area contributed by atoms with Crippen molar-refractivity contribution in [2.24, 2.45) is 0 Å². The first-order valence-electron chi connectivity index (χ1n) is 11.3. The number of nitrogens with zero attached hydrogens (tertiary/aromatic N) is 1. The van der Waals surface area contributed by atoms with Gasteiger partial charge in [-0.3, -0.25) is 19.3 Å². The van der Waals surface area contributed by atoms with E-state index in [0.717, 1.165) is 50.3 Å². The maximum Gasteiger partial charge on any atom is 0.416 e. The number of carbonyl (C=O) groups is 3. The van der Waals surface area contributed by atoms with Crippen LogP contribution in [0.4, 0.5) is 18.9 Å². The number of amides is 3. The Morgan fingerprint density at radius 3 is 2.28 bits per heavy atom. The molecule has 0 atom stereocenters. The number of anilines is 1. The van der Waals surface area contributed by atoms with E-state index in [9.17, 15) is 27.6 Å². The molecule has 1 heterocycles. The predicted octanol–water partition coefficient (Wildman–Crippen LogP) is 5.85. The zero-order chi connectivity index (χ0) is 26.0. The molecule has 0 spiro atoms. The van der Waals surface area contributed by atoms with Gasteiger partial charge in [0.25, 0.3) is 17.7 Å². The van der Waals surface area contributed by atoms with E-state index in [1.165, 1.54) is 17.0 Å². The summed E-state index contributed by atoms with van der Waals surface area (Å²) in [6, 6.07) is 8.73. The Morgan fingerprint density at radius 1 is 0.972 bits per heavy atom. The minimum Gasteiger partial charge on any atom is -0.375 e. The zero-order valence-corrected chi connectivity index (χ0v) is 20.4. The number of rotatable bonds is 6. The highest BCUT2D eigenvalue weighted by atomic mass is 35.5. The van der Waals surface area contributed by atoms with Gasteiger partial charge in [0.05, 0.1) is 16.3 Å². The number of hydrogen-bond donors (Lipinski definition) is 2. The first-order chi connectivity index (χ1) is 17.1. The van der Waals surface area contributed by atoms with Crippen LogP contribution in [0.25, 0.3) is 0 Å². The number of halogens is 5. The fourth-order valence-electron chi connectivity index (χ4n) is 4.30. The molecule has 2 aromatic carbocycles. The quantitative estimate of drug-likeness (QED) is 0.451. The van der Waals surface area contributed by atoms with Crippen LogP contribution in [-0.2, 0) is 22.3 Å². The average molecular weight is 540 g/mol. The summed E-state index contributed by atoms with van der Waals surface area (Å²) in [6.45, 7) is 0.171. The Morgan fingerprint density at radius 2 is 1.64 bits per heavy atom. The fraction of sp³-hybridized carbons (Fsp3) is 0.320. The summed E-state index contributed by atoms with van der Waals surface area (Å²) in [5.74, 6) is -1.57. The van der Waals surface area contributed by atoms with Crippen LogP contribution in [0.3, 0.4) is 0 Å². The molecule has 0 bridgehead atoms. The van der Waals surface area contributed by atoms with Crippen LogP contribution in [-0.4, -0.2) is 28.7 Å². The molecule has 1 aliphatic heterocycles. The highest BCUT2D eigenvalue weighted by Gasteiger charge is 2.41. The van der Waals surface area contributed by atoms with Gasteiger partial charge in [-0.25, -0.2) is 0 Å². The van der Waals surface area contributed by atoms with Gasteiger partial charge in [-0.05, 0) is 48.7 Å². The van der Waals surface area contributed by atoms with Crippen LogP contribution >= 0.6 is 23.2 Å². The van der Waals surface area contributed by atoms with Crippen molar-refractivity contribution in [3.05, 3.63) is 74.9 Å². The van der Waals surface area contributed by atoms with Gasteiger partial charge in [-0.1, -0.05) is 54.6 Å². The monoisotopic (exact) mass is 539 g/mol. The number of nitrogens with one attached hydrogen (secondary N) is 2. The van der Waals surface area contributed by atoms with Gasteiger partial charge in [0.2, 0.25) is 0 Å². The summed E-state index contributed by atoms with van der Waals surface area (Å²) >= 11 is 12.1. The fourth-order valence-corrected chi connectivity index (χ4v) is 4.70. The van der Waals surface area contributed by atoms with Crippen LogP contribution in [0.2, 0.25) is 5.02 Å². The molecule has 2 aliphatic rings. The van der Waals surface area contributed by atoms with E-state index in [0.29, 0.717) is 5.56 Å². The zero-order valence-electron chi connectivity index (χ0n) is 18.9. The third kappa shape index (κ3) is 5.52. The Hall–Kier alpha value is -3.04. The van der Waals surface area contributed by atoms with E-state index in [1.54, 1.807) is 12.1 Å². The second-order valence-corrected chi connectivity index (χ2v) is 9.44. The number of hydrogen-bond acceptors (Lipinski definition) is 4. The SMILES string of the molecule is O=C(Nc1cc(C(F)(F)F)ccc1Cl)c1ccc(CNC2=C(Cl)C(=O)N(C3CCCCC3)C2=O)cc1. The van der Waals surface area contributed by atoms with E-state index in [-0.39, 0.29) is 39.6 Å². The smallest absolute Gasteiger partial charge is 0.375 e. The highest BCUT2D eigenvalue weighted by molar-refractivity contribution is 6.47. The van der Waals surface area contributed by atoms with Gasteiger partial charge in [0, 0.05) is 18.2 Å². The lowest BCUT2D eigenvalue weighted by Crippen LogP contribution is -2.43. The van der Waals surface area contributed by atoms with E-state index in [1.807, 2.05) is 0 Å². The molecule has 0 radical (unpaired) electrons. The van der Waals surface area contributed by atoms with Gasteiger partial charge in [0.1, 0.15) is 10.7 Å². The van der Waals surface area contributed by atoms with Crippen molar-refractivity contribution in [2.75, 3.05) is 5.32 Å². The van der Waals surface area contributed by atoms with Crippen molar-refractivity contribution in [2.45, 2.75) is 50.9 Å². The third-order valence-corrected chi connectivity index (χ3v) is 6.91. The van der Waals surface area contributed by atoms with E-state index < -0.39 is 29.5 Å². The summed E-state index contributed by atoms with van der Waals surface area (Å²) in [5, 5.41) is 5.15. The molecule has 4 rings (SSSR count). The molecule has 3 amide bonds. The van der Waals surface area contributed by atoms with Crippen molar-refractivity contribution in [1.82, 2.24) is 10.2 Å². The van der Waals surface area contributed by atoms with Crippen LogP contribution < -0.4 is 10.6 Å². The first-order valence-corrected chi connectivity index (χ1v) is 12.1. The lowest BCUT2D eigenvalue weighted by atomic mass is 9.94. The summed E-state index contributed by atoms with van der Waals surface area (Å²) in [7, 11) is 0. The minimum atomic E-state index is -4.57. The molecule has 1 aliphatic carbocycles. The van der Waals surface area contributed by atoms with Crippen LogP contribution in [0.5, 0.6) is 0 Å². The molecule has 2 aromatic rings. The molecular formula is C25H22Cl2F3N3O3. The standard InChI is InChI=1S/C25H22Cl2F3N3O3/c26-18-11-10-16(25(28,29)30)12-19(18)32-22(34)15-8-6-14(7-9-15)13-31-21-20(27)23(35)33(24(21)36)17-4-2-1-3-5-17/h6-12,17,31H,1-5,13H2,(H,32,34). The normalized spacial score (nSPS) is 17.1. The van der Waals surface area contributed by atoms with Crippen molar-refractivity contribution in [3.8, 4) is 0 Å². The summed E-state index contributed by atoms with van der Waals surface area (Å²) in [6.07, 6.45) is -0.0336. The molecule has 1 saturated carbocycles. The van der Waals surface area contributed by atoms with Crippen LogP contribution in [0.1, 0.15) is 53.6 Å². The van der Waals surface area contributed by atoms with Crippen LogP contribution in [0, 0.1) is 0 Å². The van der Waals surface area contributed by atoms with Gasteiger partial charge < -0.3 is 10.6 Å². The van der Waals surface area contributed by atoms with Crippen LogP contribution in [0.15, 0.2) is 53.2 Å². The molecule has 11 heteroatoms. The molecule has 0 saturated heterocycles. The Kier molecular flexibility index (Phi) is 7.61. The van der Waals surface area contributed by atoms with E-state index >= 15 is 0 Å². The highest BCUT2D eigenvalue weighted by Crippen LogP contribution is 2.34. The molecular weight excluding hydrogens is 518 g/mol. The maximum atomic E-state index is 13.0. The second-order valence-electron chi connectivity index (χ2n) is 8.66. The number of benzene rings is 2. The largest absolute Gasteiger partial charge is 0.416 e. The van der Waals surface area contributed by atoms with Crippen molar-refractivity contribution in [1.29, 1.82) is 0 Å². The molecule has 0 aromatic heterocycles. The molecule has 0 unspecified atom stereocenters. The van der Waals surface area contributed by atoms with Gasteiger partial charge >= 0.3 is 6.18 Å². The Balaban J connectivity index is 1.39. The molecule has 190 valence electrons. The minimum absolute atomic E-state index is 0.0274. The number of imide groups is 1. The molecule has 1 fully saturated rings. The third-order valence-electron chi connectivity index (χ3n) is 6.23. The number of alkyl halides is 3. The maximum absolute atomic E-state index is 13.0. The summed E-state index contributed by atoms with van der Waals surface area (Å²) in [5.41, 5.74) is -0.153. The first kappa shape index (κ1) is 26.0. The number of carbonyl (C=O) groups excluding carboxylic acids is 3. The summed E-state index contributed by atoms with van der Waals surface area (Å²) < 4.78 is 38.9. The summed E-state index contributed by atoms with van der Waals surface area (Å²) in [4.78, 5) is 39.2. The Bertz CT molecular complexity index is 1220. The molecule has 36 heavy (non-hydrogen) atoms. The lowest BCUT2D eigenvalue weighted by molar-refractivity contribution is -0.141. The van der Waals surface area contributed by atoms with Gasteiger partial charge in [0.15, 0.2) is 0 Å². The predicted molar refractivity (Wildman–Crippen MR) is 129 cm³/mol. The average Bonchev–Trinajstić information content (AvgIpc) is 3.06. The van der Waals surface area contributed by atoms with Crippen molar-refractivity contribution in [3.63, 3.8) is 0 Å². The lowest BCUT2D eigenvalue weighted by Gasteiger charge is -2.29. The van der Waals surface area contributed by atoms with Gasteiger partial charge in [-0.2, -0.15) is 13.2 Å². The van der Waals surface area contributed by atoms with Gasteiger partial charge in [-0.15, -0.1) is 0 Å². The Labute approximate surface area is 215 Å². The topological polar surface area (TPSA) is 78.5 Å². The van der Waals surface area contributed by atoms with E-state index in [4.69, 9.17) is 23.2 Å². The van der Waals surface area contributed by atoms with Crippen molar-refractivity contribution >= 4 is 46.6 Å².